The molecule has 2 aromatic heterocycles. The predicted molar refractivity (Wildman–Crippen MR) is 128 cm³/mol. The second kappa shape index (κ2) is 12.7. The number of pyridine rings is 1. The lowest BCUT2D eigenvalue weighted by atomic mass is 10.2. The number of amides is 1. The summed E-state index contributed by atoms with van der Waals surface area (Å²) in [5.74, 6) is 0.670. The summed E-state index contributed by atoms with van der Waals surface area (Å²) < 4.78 is 1.86. The third kappa shape index (κ3) is 6.57. The Morgan fingerprint density at radius 1 is 1.13 bits per heavy atom. The summed E-state index contributed by atoms with van der Waals surface area (Å²) in [7, 11) is 0. The zero-order chi connectivity index (χ0) is 19.9. The highest BCUT2D eigenvalue weighted by Crippen LogP contribution is 2.24. The van der Waals surface area contributed by atoms with Gasteiger partial charge >= 0.3 is 0 Å². The van der Waals surface area contributed by atoms with E-state index in [2.05, 4.69) is 34.0 Å². The van der Waals surface area contributed by atoms with Gasteiger partial charge in [-0.3, -0.25) is 9.36 Å². The Labute approximate surface area is 194 Å². The van der Waals surface area contributed by atoms with Crippen LogP contribution >= 0.6 is 36.4 Å². The molecule has 0 aliphatic rings. The Morgan fingerprint density at radius 2 is 1.83 bits per heavy atom. The quantitative estimate of drug-likeness (QED) is 0.468. The van der Waals surface area contributed by atoms with Crippen molar-refractivity contribution in [2.45, 2.75) is 26.8 Å². The van der Waals surface area contributed by atoms with Crippen molar-refractivity contribution < 1.29 is 4.79 Å². The van der Waals surface area contributed by atoms with E-state index in [1.807, 2.05) is 41.0 Å². The number of benzene rings is 1. The van der Waals surface area contributed by atoms with Crippen LogP contribution in [0.4, 0.5) is 0 Å². The van der Waals surface area contributed by atoms with Crippen molar-refractivity contribution in [1.82, 2.24) is 24.8 Å². The Morgan fingerprint density at radius 3 is 2.50 bits per heavy atom. The van der Waals surface area contributed by atoms with Gasteiger partial charge in [-0.1, -0.05) is 25.4 Å². The molecule has 0 spiro atoms. The van der Waals surface area contributed by atoms with Crippen molar-refractivity contribution in [3.05, 3.63) is 47.6 Å². The summed E-state index contributed by atoms with van der Waals surface area (Å²) in [6, 6.07) is 11.2. The van der Waals surface area contributed by atoms with Crippen LogP contribution in [0, 0.1) is 0 Å². The van der Waals surface area contributed by atoms with Gasteiger partial charge in [0.1, 0.15) is 17.9 Å². The minimum absolute atomic E-state index is 0. The van der Waals surface area contributed by atoms with Gasteiger partial charge in [0.05, 0.1) is 0 Å². The highest BCUT2D eigenvalue weighted by molar-refractivity contribution is 6.30. The van der Waals surface area contributed by atoms with Gasteiger partial charge in [-0.15, -0.1) is 24.8 Å². The molecule has 0 aliphatic heterocycles. The van der Waals surface area contributed by atoms with E-state index in [4.69, 9.17) is 11.6 Å². The van der Waals surface area contributed by atoms with E-state index in [1.54, 1.807) is 6.20 Å². The molecule has 0 unspecified atom stereocenters. The summed E-state index contributed by atoms with van der Waals surface area (Å²) in [5, 5.41) is 3.68. The van der Waals surface area contributed by atoms with E-state index in [1.165, 1.54) is 0 Å². The SMILES string of the molecule is CCN(CC)CCCNC(=O)Cn1c(-c2ccc(Cl)cc2)nc2cccnc21.Cl.Cl. The maximum Gasteiger partial charge on any atom is 0.240 e. The van der Waals surface area contributed by atoms with E-state index >= 15 is 0 Å². The lowest BCUT2D eigenvalue weighted by molar-refractivity contribution is -0.121. The van der Waals surface area contributed by atoms with Crippen LogP contribution in [0.3, 0.4) is 0 Å². The minimum Gasteiger partial charge on any atom is -0.355 e. The molecule has 0 atom stereocenters. The number of imidazole rings is 1. The standard InChI is InChI=1S/C21H26ClN5O.2ClH/c1-3-26(4-2)14-6-13-23-19(28)15-27-20(16-8-10-17(22)11-9-16)25-18-7-5-12-24-21(18)27;;/h5,7-12H,3-4,6,13-15H2,1-2H3,(H,23,28);2*1H. The van der Waals surface area contributed by atoms with Crippen LogP contribution in [0.2, 0.25) is 5.02 Å². The highest BCUT2D eigenvalue weighted by atomic mass is 35.5. The number of nitrogens with zero attached hydrogens (tertiary/aromatic N) is 4. The largest absolute Gasteiger partial charge is 0.355 e. The number of nitrogens with one attached hydrogen (secondary N) is 1. The van der Waals surface area contributed by atoms with Crippen molar-refractivity contribution in [2.75, 3.05) is 26.2 Å². The molecular formula is C21H28Cl3N5O. The van der Waals surface area contributed by atoms with Gasteiger partial charge in [-0.2, -0.15) is 0 Å². The molecule has 0 fully saturated rings. The average molecular weight is 473 g/mol. The van der Waals surface area contributed by atoms with Crippen LogP contribution in [0.1, 0.15) is 20.3 Å². The van der Waals surface area contributed by atoms with Gasteiger partial charge in [0.2, 0.25) is 5.91 Å². The first-order valence-corrected chi connectivity index (χ1v) is 10.1. The lowest BCUT2D eigenvalue weighted by Gasteiger charge is -2.17. The number of aromatic nitrogens is 3. The van der Waals surface area contributed by atoms with Gasteiger partial charge in [-0.25, -0.2) is 9.97 Å². The number of rotatable bonds is 9. The second-order valence-corrected chi connectivity index (χ2v) is 7.04. The molecule has 0 saturated heterocycles. The number of hydrogen-bond acceptors (Lipinski definition) is 4. The summed E-state index contributed by atoms with van der Waals surface area (Å²) in [5.41, 5.74) is 2.37. The molecule has 1 N–H and O–H groups in total. The Kier molecular flexibility index (Phi) is 11.1. The summed E-state index contributed by atoms with van der Waals surface area (Å²) >= 11 is 6.01. The highest BCUT2D eigenvalue weighted by Gasteiger charge is 2.16. The van der Waals surface area contributed by atoms with Crippen molar-refractivity contribution in [1.29, 1.82) is 0 Å². The van der Waals surface area contributed by atoms with Gasteiger partial charge < -0.3 is 10.2 Å². The number of carbonyl (C=O) groups excluding carboxylic acids is 1. The van der Waals surface area contributed by atoms with Crippen molar-refractivity contribution in [2.24, 2.45) is 0 Å². The molecule has 9 heteroatoms. The molecule has 164 valence electrons. The second-order valence-electron chi connectivity index (χ2n) is 6.60. The molecule has 1 aromatic carbocycles. The summed E-state index contributed by atoms with van der Waals surface area (Å²) in [4.78, 5) is 24.0. The monoisotopic (exact) mass is 471 g/mol. The first kappa shape index (κ1) is 26.2. The summed E-state index contributed by atoms with van der Waals surface area (Å²) in [6.07, 6.45) is 2.65. The van der Waals surface area contributed by atoms with Crippen molar-refractivity contribution in [3.8, 4) is 11.4 Å². The zero-order valence-corrected chi connectivity index (χ0v) is 19.6. The maximum absolute atomic E-state index is 12.6. The van der Waals surface area contributed by atoms with Gasteiger partial charge in [-0.05, 0) is 62.5 Å². The van der Waals surface area contributed by atoms with Crippen LogP contribution in [0.15, 0.2) is 42.6 Å². The summed E-state index contributed by atoms with van der Waals surface area (Å²) in [6.45, 7) is 8.18. The number of halogens is 3. The van der Waals surface area contributed by atoms with E-state index in [0.29, 0.717) is 23.0 Å². The van der Waals surface area contributed by atoms with E-state index < -0.39 is 0 Å². The molecule has 0 saturated carbocycles. The Bertz CT molecular complexity index is 926. The fourth-order valence-corrected chi connectivity index (χ4v) is 3.32. The molecule has 0 radical (unpaired) electrons. The molecular weight excluding hydrogens is 445 g/mol. The van der Waals surface area contributed by atoms with E-state index in [-0.39, 0.29) is 37.3 Å². The predicted octanol–water partition coefficient (Wildman–Crippen LogP) is 4.44. The fourth-order valence-electron chi connectivity index (χ4n) is 3.20. The maximum atomic E-state index is 12.6. The molecule has 30 heavy (non-hydrogen) atoms. The van der Waals surface area contributed by atoms with Crippen LogP contribution in [0.5, 0.6) is 0 Å². The molecule has 6 nitrogen and oxygen atoms in total. The van der Waals surface area contributed by atoms with Gasteiger partial charge in [0.15, 0.2) is 5.65 Å². The van der Waals surface area contributed by atoms with Gasteiger partial charge in [0.25, 0.3) is 0 Å². The Balaban J connectivity index is 0.00000225. The normalized spacial score (nSPS) is 10.5. The topological polar surface area (TPSA) is 63.1 Å². The van der Waals surface area contributed by atoms with Crippen LogP contribution in [0.25, 0.3) is 22.6 Å². The van der Waals surface area contributed by atoms with Gasteiger partial charge in [0, 0.05) is 23.3 Å². The lowest BCUT2D eigenvalue weighted by Crippen LogP contribution is -2.32. The molecule has 3 rings (SSSR count). The Hall–Kier alpha value is -1.86. The fraction of sp³-hybridized carbons (Fsp3) is 0.381. The third-order valence-electron chi connectivity index (χ3n) is 4.78. The third-order valence-corrected chi connectivity index (χ3v) is 5.03. The zero-order valence-electron chi connectivity index (χ0n) is 17.2. The molecule has 3 aromatic rings. The molecule has 0 bridgehead atoms. The first-order valence-electron chi connectivity index (χ1n) is 9.68. The first-order chi connectivity index (χ1) is 13.6. The average Bonchev–Trinajstić information content (AvgIpc) is 3.07. The smallest absolute Gasteiger partial charge is 0.240 e. The van der Waals surface area contributed by atoms with Crippen LogP contribution in [-0.2, 0) is 11.3 Å². The van der Waals surface area contributed by atoms with Crippen molar-refractivity contribution >= 4 is 53.5 Å². The number of fused-ring (bicyclic) bond motifs is 1. The van der Waals surface area contributed by atoms with E-state index in [0.717, 1.165) is 37.1 Å². The minimum atomic E-state index is -0.0419. The number of hydrogen-bond donors (Lipinski definition) is 1. The molecule has 1 amide bonds. The molecule has 0 aliphatic carbocycles. The number of carbonyl (C=O) groups is 1. The van der Waals surface area contributed by atoms with Crippen LogP contribution in [-0.4, -0.2) is 51.5 Å². The van der Waals surface area contributed by atoms with Crippen LogP contribution < -0.4 is 5.32 Å². The van der Waals surface area contributed by atoms with E-state index in [9.17, 15) is 4.79 Å². The molecule has 2 heterocycles. The van der Waals surface area contributed by atoms with Crippen molar-refractivity contribution in [3.63, 3.8) is 0 Å².